The maximum atomic E-state index is 13.8. The number of halogens is 2. The summed E-state index contributed by atoms with van der Waals surface area (Å²) in [6.45, 7) is 0.521. The molecule has 3 aliphatic rings. The fourth-order valence-electron chi connectivity index (χ4n) is 6.86. The topological polar surface area (TPSA) is 123 Å². The number of carbonyl (C=O) groups is 4. The van der Waals surface area contributed by atoms with Gasteiger partial charge in [0.15, 0.2) is 0 Å². The van der Waals surface area contributed by atoms with Gasteiger partial charge in [0.25, 0.3) is 0 Å². The average molecular weight is 659 g/mol. The van der Waals surface area contributed by atoms with Crippen LogP contribution in [0.3, 0.4) is 0 Å². The van der Waals surface area contributed by atoms with Gasteiger partial charge in [0.2, 0.25) is 11.8 Å². The molecule has 3 fully saturated rings. The van der Waals surface area contributed by atoms with Crippen molar-refractivity contribution in [2.45, 2.75) is 87.8 Å². The Morgan fingerprint density at radius 1 is 0.933 bits per heavy atom. The summed E-state index contributed by atoms with van der Waals surface area (Å²) >= 11 is 12.7. The molecule has 0 bridgehead atoms. The summed E-state index contributed by atoms with van der Waals surface area (Å²) < 4.78 is 11.2. The number of methoxy groups -OCH3 is 1. The van der Waals surface area contributed by atoms with E-state index in [0.29, 0.717) is 29.4 Å². The molecule has 2 saturated carbocycles. The third-order valence-electron chi connectivity index (χ3n) is 9.45. The standard InChI is InChI=1S/C34H41Cl2N3O6/c1-44-32(42)28(19-23-13-16-37-30(23)40)38-31(41)27(17-21-7-3-2-4-8-21)39-33(43)45-29(22-9-5-11-25(35)18-22)34(14-15-34)24-10-6-12-26(36)20-24/h5-6,9-12,18,20-21,23,27-29H,2-4,7-8,13-17,19H2,1H3,(H,37,40)(H,38,41)(H,39,43)/t23-,27-,28-,29?/m0/s1. The highest BCUT2D eigenvalue weighted by Crippen LogP contribution is 2.58. The minimum absolute atomic E-state index is 0.115. The fourth-order valence-corrected chi connectivity index (χ4v) is 7.25. The summed E-state index contributed by atoms with van der Waals surface area (Å²) in [5, 5.41) is 9.49. The molecular formula is C34H41Cl2N3O6. The van der Waals surface area contributed by atoms with Crippen molar-refractivity contribution in [3.05, 3.63) is 69.7 Å². The Kier molecular flexibility index (Phi) is 10.9. The Morgan fingerprint density at radius 3 is 2.27 bits per heavy atom. The molecule has 45 heavy (non-hydrogen) atoms. The van der Waals surface area contributed by atoms with E-state index in [1.807, 2.05) is 30.3 Å². The number of benzene rings is 2. The number of hydrogen-bond donors (Lipinski definition) is 3. The van der Waals surface area contributed by atoms with E-state index < -0.39 is 47.5 Å². The van der Waals surface area contributed by atoms with Crippen LogP contribution in [0.1, 0.15) is 81.4 Å². The van der Waals surface area contributed by atoms with Crippen molar-refractivity contribution in [1.29, 1.82) is 0 Å². The van der Waals surface area contributed by atoms with Crippen LogP contribution in [-0.4, -0.2) is 49.6 Å². The number of nitrogens with one attached hydrogen (secondary N) is 3. The lowest BCUT2D eigenvalue weighted by Gasteiger charge is -2.31. The molecule has 3 amide bonds. The van der Waals surface area contributed by atoms with Crippen LogP contribution < -0.4 is 16.0 Å². The molecule has 2 aromatic rings. The summed E-state index contributed by atoms with van der Waals surface area (Å²) in [4.78, 5) is 52.4. The van der Waals surface area contributed by atoms with Crippen LogP contribution in [0.2, 0.25) is 10.0 Å². The largest absolute Gasteiger partial charge is 0.467 e. The van der Waals surface area contributed by atoms with Gasteiger partial charge in [-0.15, -0.1) is 0 Å². The first kappa shape index (κ1) is 33.1. The second kappa shape index (κ2) is 14.9. The number of rotatable bonds is 12. The van der Waals surface area contributed by atoms with Crippen molar-refractivity contribution in [2.75, 3.05) is 13.7 Å². The van der Waals surface area contributed by atoms with Crippen molar-refractivity contribution < 1.29 is 28.7 Å². The SMILES string of the molecule is COC(=O)[C@H](C[C@@H]1CCNC1=O)NC(=O)[C@H](CC1CCCCC1)NC(=O)OC(c1cccc(Cl)c1)C1(c2cccc(Cl)c2)CC1. The van der Waals surface area contributed by atoms with Gasteiger partial charge in [0.1, 0.15) is 18.2 Å². The van der Waals surface area contributed by atoms with Gasteiger partial charge in [-0.3, -0.25) is 9.59 Å². The van der Waals surface area contributed by atoms with Crippen LogP contribution in [0.25, 0.3) is 0 Å². The van der Waals surface area contributed by atoms with Crippen LogP contribution in [0.5, 0.6) is 0 Å². The molecule has 1 unspecified atom stereocenters. The first-order valence-electron chi connectivity index (χ1n) is 15.8. The molecule has 0 aromatic heterocycles. The number of amides is 3. The summed E-state index contributed by atoms with van der Waals surface area (Å²) in [7, 11) is 1.24. The molecule has 5 rings (SSSR count). The van der Waals surface area contributed by atoms with E-state index in [-0.39, 0.29) is 18.2 Å². The minimum atomic E-state index is -1.03. The molecule has 3 N–H and O–H groups in total. The van der Waals surface area contributed by atoms with Crippen LogP contribution in [0.4, 0.5) is 4.79 Å². The Bertz CT molecular complexity index is 1390. The van der Waals surface area contributed by atoms with Gasteiger partial charge in [0.05, 0.1) is 7.11 Å². The smallest absolute Gasteiger partial charge is 0.408 e. The van der Waals surface area contributed by atoms with Crippen molar-refractivity contribution in [2.24, 2.45) is 11.8 Å². The van der Waals surface area contributed by atoms with E-state index in [0.717, 1.165) is 56.1 Å². The molecule has 1 heterocycles. The van der Waals surface area contributed by atoms with E-state index in [1.54, 1.807) is 18.2 Å². The predicted octanol–water partition coefficient (Wildman–Crippen LogP) is 6.02. The van der Waals surface area contributed by atoms with Crippen LogP contribution in [-0.2, 0) is 29.3 Å². The van der Waals surface area contributed by atoms with Crippen LogP contribution in [0.15, 0.2) is 48.5 Å². The number of ether oxygens (including phenoxy) is 2. The second-order valence-electron chi connectivity index (χ2n) is 12.5. The average Bonchev–Trinajstić information content (AvgIpc) is 3.74. The zero-order valence-electron chi connectivity index (χ0n) is 25.5. The first-order chi connectivity index (χ1) is 21.7. The van der Waals surface area contributed by atoms with Crippen LogP contribution in [0, 0.1) is 11.8 Å². The number of carbonyl (C=O) groups excluding carboxylic acids is 4. The fraction of sp³-hybridized carbons (Fsp3) is 0.529. The molecular weight excluding hydrogens is 617 g/mol. The third-order valence-corrected chi connectivity index (χ3v) is 9.92. The van der Waals surface area contributed by atoms with E-state index in [2.05, 4.69) is 16.0 Å². The summed E-state index contributed by atoms with van der Waals surface area (Å²) in [6, 6.07) is 12.8. The minimum Gasteiger partial charge on any atom is -0.467 e. The van der Waals surface area contributed by atoms with Gasteiger partial charge in [-0.05, 0) is 73.4 Å². The molecule has 4 atom stereocenters. The first-order valence-corrected chi connectivity index (χ1v) is 16.6. The highest BCUT2D eigenvalue weighted by atomic mass is 35.5. The summed E-state index contributed by atoms with van der Waals surface area (Å²) in [5.41, 5.74) is 1.21. The number of esters is 1. The molecule has 0 radical (unpaired) electrons. The Morgan fingerprint density at radius 2 is 1.64 bits per heavy atom. The van der Waals surface area contributed by atoms with Gasteiger partial charge >= 0.3 is 12.1 Å². The monoisotopic (exact) mass is 657 g/mol. The zero-order valence-corrected chi connectivity index (χ0v) is 27.0. The molecule has 2 aliphatic carbocycles. The maximum absolute atomic E-state index is 13.8. The lowest BCUT2D eigenvalue weighted by Crippen LogP contribution is -2.53. The second-order valence-corrected chi connectivity index (χ2v) is 13.4. The quantitative estimate of drug-likeness (QED) is 0.240. The number of alkyl carbamates (subject to hydrolysis) is 1. The molecule has 9 nitrogen and oxygen atoms in total. The number of hydrogen-bond acceptors (Lipinski definition) is 6. The Labute approximate surface area is 274 Å². The Balaban J connectivity index is 1.36. The highest BCUT2D eigenvalue weighted by Gasteiger charge is 2.54. The van der Waals surface area contributed by atoms with E-state index in [9.17, 15) is 19.2 Å². The lowest BCUT2D eigenvalue weighted by atomic mass is 9.84. The van der Waals surface area contributed by atoms with Crippen molar-refractivity contribution in [3.63, 3.8) is 0 Å². The van der Waals surface area contributed by atoms with Gasteiger partial charge in [0, 0.05) is 27.9 Å². The maximum Gasteiger partial charge on any atom is 0.408 e. The van der Waals surface area contributed by atoms with Crippen molar-refractivity contribution in [1.82, 2.24) is 16.0 Å². The normalized spacial score (nSPS) is 21.1. The lowest BCUT2D eigenvalue weighted by molar-refractivity contribution is -0.146. The van der Waals surface area contributed by atoms with Crippen molar-refractivity contribution >= 4 is 47.1 Å². The molecule has 2 aromatic carbocycles. The molecule has 1 aliphatic heterocycles. The molecule has 0 spiro atoms. The van der Waals surface area contributed by atoms with Gasteiger partial charge < -0.3 is 25.4 Å². The Hall–Kier alpha value is -3.30. The predicted molar refractivity (Wildman–Crippen MR) is 171 cm³/mol. The summed E-state index contributed by atoms with van der Waals surface area (Å²) in [6.07, 6.45) is 6.38. The van der Waals surface area contributed by atoms with Crippen molar-refractivity contribution in [3.8, 4) is 0 Å². The highest BCUT2D eigenvalue weighted by molar-refractivity contribution is 6.31. The molecule has 11 heteroatoms. The summed E-state index contributed by atoms with van der Waals surface area (Å²) in [5.74, 6) is -1.48. The zero-order chi connectivity index (χ0) is 32.0. The van der Waals surface area contributed by atoms with Crippen LogP contribution >= 0.6 is 23.2 Å². The van der Waals surface area contributed by atoms with Gasteiger partial charge in [-0.25, -0.2) is 9.59 Å². The van der Waals surface area contributed by atoms with E-state index in [4.69, 9.17) is 32.7 Å². The van der Waals surface area contributed by atoms with Gasteiger partial charge in [-0.2, -0.15) is 0 Å². The third kappa shape index (κ3) is 8.30. The van der Waals surface area contributed by atoms with E-state index in [1.165, 1.54) is 7.11 Å². The molecule has 242 valence electrons. The van der Waals surface area contributed by atoms with Gasteiger partial charge in [-0.1, -0.05) is 79.6 Å². The van der Waals surface area contributed by atoms with E-state index >= 15 is 0 Å². The molecule has 1 saturated heterocycles.